The first-order valence-corrected chi connectivity index (χ1v) is 3.13. The van der Waals surface area contributed by atoms with Gasteiger partial charge in [0.05, 0.1) is 0 Å². The summed E-state index contributed by atoms with van der Waals surface area (Å²) in [5, 5.41) is 0. The van der Waals surface area contributed by atoms with Gasteiger partial charge in [0.25, 0.3) is 0 Å². The fourth-order valence-electron chi connectivity index (χ4n) is 0.277. The van der Waals surface area contributed by atoms with E-state index in [1.54, 1.807) is 12.4 Å². The van der Waals surface area contributed by atoms with E-state index in [-0.39, 0.29) is 0 Å². The van der Waals surface area contributed by atoms with Crippen LogP contribution in [0.1, 0.15) is 0 Å². The first-order chi connectivity index (χ1) is 4.41. The van der Waals surface area contributed by atoms with E-state index in [2.05, 4.69) is 11.1 Å². The van der Waals surface area contributed by atoms with Gasteiger partial charge >= 0.3 is 23.4 Å². The molecule has 0 amide bonds. The third-order valence-corrected chi connectivity index (χ3v) is 0.514. The summed E-state index contributed by atoms with van der Waals surface area (Å²) in [5.74, 6) is 0. The Balaban J connectivity index is 0.000000187. The summed E-state index contributed by atoms with van der Waals surface area (Å²) >= 11 is -1.62. The van der Waals surface area contributed by atoms with Crippen LogP contribution >= 0.6 is 0 Å². The van der Waals surface area contributed by atoms with Gasteiger partial charge in [-0.25, -0.2) is 12.1 Å². The Labute approximate surface area is 59.6 Å². The summed E-state index contributed by atoms with van der Waals surface area (Å²) in [6.07, 6.45) is 3.34. The van der Waals surface area contributed by atoms with Gasteiger partial charge in [-0.3, -0.25) is 0 Å². The van der Waals surface area contributed by atoms with E-state index in [0.717, 1.165) is 0 Å². The van der Waals surface area contributed by atoms with Crippen LogP contribution in [0.15, 0.2) is 24.5 Å². The molecular formula is C5H4CrNO2-2. The number of pyridine rings is 1. The van der Waals surface area contributed by atoms with Crippen molar-refractivity contribution in [2.45, 2.75) is 0 Å². The zero-order valence-corrected chi connectivity index (χ0v) is 5.76. The predicted molar refractivity (Wildman–Crippen MR) is 23.8 cm³/mol. The second-order valence-corrected chi connectivity index (χ2v) is 1.23. The second kappa shape index (κ2) is 7.44. The molecule has 0 bridgehead atoms. The molecule has 0 spiro atoms. The summed E-state index contributed by atoms with van der Waals surface area (Å²) in [5.41, 5.74) is 0. The van der Waals surface area contributed by atoms with Gasteiger partial charge in [-0.1, -0.05) is 12.4 Å². The summed E-state index contributed by atoms with van der Waals surface area (Å²) < 4.78 is 16.9. The third kappa shape index (κ3) is 7.44. The SMILES string of the molecule is [O]=[Cr][O-].[c-]1cccnc1. The minimum Gasteiger partial charge on any atom is -0.304 e. The molecule has 3 nitrogen and oxygen atoms in total. The molecule has 0 saturated heterocycles. The van der Waals surface area contributed by atoms with Gasteiger partial charge in [0, 0.05) is 0 Å². The second-order valence-electron chi connectivity index (χ2n) is 1.02. The van der Waals surface area contributed by atoms with Gasteiger partial charge in [0.1, 0.15) is 0 Å². The molecule has 0 atom stereocenters. The van der Waals surface area contributed by atoms with E-state index in [1.807, 2.05) is 12.1 Å². The standard InChI is InChI=1S/C5H4N.Cr.2O/c1-2-4-6-5-3-1;;;/h1-2,4-5H;;;/q-1;;;-1. The van der Waals surface area contributed by atoms with Gasteiger partial charge in [-0.15, -0.1) is 0 Å². The Kier molecular flexibility index (Phi) is 6.98. The van der Waals surface area contributed by atoms with E-state index < -0.39 is 15.5 Å². The summed E-state index contributed by atoms with van der Waals surface area (Å²) in [7, 11) is 0. The van der Waals surface area contributed by atoms with E-state index >= 15 is 0 Å². The fourth-order valence-corrected chi connectivity index (χ4v) is 0.277. The molecule has 0 N–H and O–H groups in total. The molecule has 0 saturated carbocycles. The molecule has 1 aromatic rings. The van der Waals surface area contributed by atoms with Crippen LogP contribution in [-0.4, -0.2) is 4.98 Å². The first-order valence-electron chi connectivity index (χ1n) is 2.09. The maximum atomic E-state index is 8.44. The van der Waals surface area contributed by atoms with Gasteiger partial charge in [0.2, 0.25) is 0 Å². The number of hydrogen-bond donors (Lipinski definition) is 0. The number of aromatic nitrogens is 1. The van der Waals surface area contributed by atoms with Crippen molar-refractivity contribution in [1.29, 1.82) is 0 Å². The van der Waals surface area contributed by atoms with E-state index in [1.165, 1.54) is 0 Å². The van der Waals surface area contributed by atoms with Crippen LogP contribution in [0, 0.1) is 6.07 Å². The Morgan fingerprint density at radius 1 is 1.67 bits per heavy atom. The normalized spacial score (nSPS) is 6.78. The molecule has 1 heterocycles. The van der Waals surface area contributed by atoms with Crippen molar-refractivity contribution in [1.82, 2.24) is 4.98 Å². The number of hydrogen-bond acceptors (Lipinski definition) is 3. The van der Waals surface area contributed by atoms with Gasteiger partial charge in [-0.05, 0) is 0 Å². The minimum absolute atomic E-state index is 1.62. The zero-order valence-electron chi connectivity index (χ0n) is 4.48. The molecule has 49 valence electrons. The van der Waals surface area contributed by atoms with Crippen LogP contribution < -0.4 is 4.16 Å². The van der Waals surface area contributed by atoms with Crippen molar-refractivity contribution in [3.8, 4) is 0 Å². The zero-order chi connectivity index (χ0) is 6.95. The molecule has 0 aliphatic carbocycles. The molecule has 4 heteroatoms. The number of nitrogens with zero attached hydrogens (tertiary/aromatic N) is 1. The van der Waals surface area contributed by atoms with Gasteiger partial charge in [-0.2, -0.15) is 6.07 Å². The largest absolute Gasteiger partial charge is 0.304 e. The van der Waals surface area contributed by atoms with Gasteiger partial charge in [0.15, 0.2) is 0 Å². The summed E-state index contributed by atoms with van der Waals surface area (Å²) in [6, 6.07) is 6.43. The Hall–Kier alpha value is -0.558. The summed E-state index contributed by atoms with van der Waals surface area (Å²) in [4.78, 5) is 3.73. The molecule has 1 rings (SSSR count). The quantitative estimate of drug-likeness (QED) is 0.486. The van der Waals surface area contributed by atoms with Crippen molar-refractivity contribution >= 4 is 0 Å². The molecular weight excluding hydrogens is 158 g/mol. The molecule has 0 aliphatic heterocycles. The fraction of sp³-hybridized carbons (Fsp3) is 0. The van der Waals surface area contributed by atoms with Crippen LogP contribution in [0.2, 0.25) is 0 Å². The Morgan fingerprint density at radius 3 is 2.44 bits per heavy atom. The Bertz CT molecular complexity index is 118. The molecule has 0 fully saturated rings. The van der Waals surface area contributed by atoms with Crippen LogP contribution in [0.3, 0.4) is 0 Å². The van der Waals surface area contributed by atoms with Crippen LogP contribution in [-0.2, 0) is 19.3 Å². The predicted octanol–water partition coefficient (Wildman–Crippen LogP) is -0.429. The van der Waals surface area contributed by atoms with E-state index in [0.29, 0.717) is 0 Å². The van der Waals surface area contributed by atoms with Crippen LogP contribution in [0.5, 0.6) is 0 Å². The smallest absolute Gasteiger partial charge is 0.0558 e. The molecule has 9 heavy (non-hydrogen) atoms. The minimum atomic E-state index is -1.62. The third-order valence-electron chi connectivity index (χ3n) is 0.514. The first kappa shape index (κ1) is 8.44. The summed E-state index contributed by atoms with van der Waals surface area (Å²) in [6.45, 7) is 0. The van der Waals surface area contributed by atoms with E-state index in [4.69, 9.17) is 7.96 Å². The van der Waals surface area contributed by atoms with Crippen molar-refractivity contribution in [2.24, 2.45) is 0 Å². The van der Waals surface area contributed by atoms with Crippen molar-refractivity contribution in [3.63, 3.8) is 0 Å². The van der Waals surface area contributed by atoms with E-state index in [9.17, 15) is 0 Å². The van der Waals surface area contributed by atoms with Crippen molar-refractivity contribution in [3.05, 3.63) is 30.6 Å². The maximum absolute atomic E-state index is 8.44. The number of rotatable bonds is 0. The van der Waals surface area contributed by atoms with Crippen molar-refractivity contribution < 1.29 is 23.4 Å². The topological polar surface area (TPSA) is 53.0 Å². The average molecular weight is 162 g/mol. The monoisotopic (exact) mass is 162 g/mol. The maximum Gasteiger partial charge on any atom is -0.0558 e. The van der Waals surface area contributed by atoms with Crippen LogP contribution in [0.4, 0.5) is 0 Å². The molecule has 0 aromatic carbocycles. The van der Waals surface area contributed by atoms with Crippen LogP contribution in [0.25, 0.3) is 0 Å². The molecule has 0 aliphatic rings. The Morgan fingerprint density at radius 2 is 2.33 bits per heavy atom. The molecule has 0 unspecified atom stereocenters. The average Bonchev–Trinajstić information content (AvgIpc) is 1.93. The molecule has 1 aromatic heterocycles. The molecule has 0 radical (unpaired) electrons. The van der Waals surface area contributed by atoms with Gasteiger partial charge < -0.3 is 4.98 Å². The van der Waals surface area contributed by atoms with Crippen molar-refractivity contribution in [2.75, 3.05) is 0 Å².